The fraction of sp³-hybridized carbons (Fsp3) is 0.200. The maximum atomic E-state index is 10.4. The van der Waals surface area contributed by atoms with Gasteiger partial charge in [0.15, 0.2) is 0 Å². The van der Waals surface area contributed by atoms with Gasteiger partial charge in [-0.1, -0.05) is 72.8 Å². The van der Waals surface area contributed by atoms with Crippen molar-refractivity contribution in [1.82, 2.24) is 0 Å². The van der Waals surface area contributed by atoms with Gasteiger partial charge < -0.3 is 10.2 Å². The lowest BCUT2D eigenvalue weighted by molar-refractivity contribution is 0.0172. The summed E-state index contributed by atoms with van der Waals surface area (Å²) in [5.74, 6) is 0. The lowest BCUT2D eigenvalue weighted by Crippen LogP contribution is -2.10. The summed E-state index contributed by atoms with van der Waals surface area (Å²) in [6.45, 7) is 11.6. The van der Waals surface area contributed by atoms with E-state index in [9.17, 15) is 10.2 Å². The number of allylic oxidation sites excluding steroid dienone is 2. The van der Waals surface area contributed by atoms with E-state index in [1.807, 2.05) is 62.4 Å². The molecule has 0 spiro atoms. The van der Waals surface area contributed by atoms with Crippen molar-refractivity contribution >= 4 is 11.1 Å². The Morgan fingerprint density at radius 1 is 0.682 bits per heavy atom. The molecule has 0 aliphatic carbocycles. The third kappa shape index (κ3) is 3.53. The molecule has 2 heteroatoms. The van der Waals surface area contributed by atoms with Gasteiger partial charge in [0.2, 0.25) is 0 Å². The molecule has 0 aliphatic heterocycles. The second-order valence-electron chi connectivity index (χ2n) is 5.69. The van der Waals surface area contributed by atoms with Gasteiger partial charge in [0, 0.05) is 0 Å². The fourth-order valence-corrected chi connectivity index (χ4v) is 2.29. The van der Waals surface area contributed by atoms with Crippen LogP contribution in [0.2, 0.25) is 0 Å². The fourth-order valence-electron chi connectivity index (χ4n) is 2.29. The molecule has 0 saturated carbocycles. The van der Waals surface area contributed by atoms with Gasteiger partial charge in [0.05, 0.1) is 0 Å². The van der Waals surface area contributed by atoms with Crippen molar-refractivity contribution < 1.29 is 10.2 Å². The van der Waals surface area contributed by atoms with E-state index in [1.54, 1.807) is 0 Å². The van der Waals surface area contributed by atoms with Crippen LogP contribution in [-0.4, -0.2) is 10.2 Å². The van der Waals surface area contributed by atoms with E-state index in [0.717, 1.165) is 22.3 Å². The topological polar surface area (TPSA) is 40.5 Å². The predicted molar refractivity (Wildman–Crippen MR) is 92.2 cm³/mol. The highest BCUT2D eigenvalue weighted by Crippen LogP contribution is 2.30. The molecule has 2 atom stereocenters. The summed E-state index contributed by atoms with van der Waals surface area (Å²) in [6, 6.07) is 14.9. The summed E-state index contributed by atoms with van der Waals surface area (Å²) < 4.78 is 0. The molecule has 0 radical (unpaired) electrons. The highest BCUT2D eigenvalue weighted by molar-refractivity contribution is 5.62. The van der Waals surface area contributed by atoms with Crippen LogP contribution >= 0.6 is 0 Å². The van der Waals surface area contributed by atoms with Gasteiger partial charge in [-0.2, -0.15) is 0 Å². The average Bonchev–Trinajstić information content (AvgIpc) is 2.53. The van der Waals surface area contributed by atoms with E-state index in [-0.39, 0.29) is 0 Å². The third-order valence-corrected chi connectivity index (χ3v) is 3.79. The van der Waals surface area contributed by atoms with Crippen LogP contribution in [0.25, 0.3) is 11.1 Å². The van der Waals surface area contributed by atoms with Crippen LogP contribution in [0.3, 0.4) is 0 Å². The first kappa shape index (κ1) is 16.2. The van der Waals surface area contributed by atoms with Gasteiger partial charge in [0.1, 0.15) is 12.2 Å². The van der Waals surface area contributed by atoms with Crippen LogP contribution < -0.4 is 0 Å². The molecule has 0 heterocycles. The Kier molecular flexibility index (Phi) is 4.96. The van der Waals surface area contributed by atoms with Crippen molar-refractivity contribution in [1.29, 1.82) is 0 Å². The van der Waals surface area contributed by atoms with Crippen LogP contribution in [0, 0.1) is 0 Å². The molecule has 114 valence electrons. The molecule has 0 fully saturated rings. The summed E-state index contributed by atoms with van der Waals surface area (Å²) in [4.78, 5) is 0. The molecule has 2 N–H and O–H groups in total. The van der Waals surface area contributed by atoms with Crippen molar-refractivity contribution in [2.24, 2.45) is 0 Å². The molecule has 0 saturated heterocycles. The van der Waals surface area contributed by atoms with Gasteiger partial charge in [-0.15, -0.1) is 0 Å². The maximum Gasteiger partial charge on any atom is 0.109 e. The molecular weight excluding hydrogens is 272 g/mol. The molecule has 2 unspecified atom stereocenters. The van der Waals surface area contributed by atoms with E-state index in [2.05, 4.69) is 13.2 Å². The maximum absolute atomic E-state index is 10.4. The summed E-state index contributed by atoms with van der Waals surface area (Å²) in [6.07, 6.45) is -1.93. The molecule has 2 rings (SSSR count). The Bertz CT molecular complexity index is 604. The minimum Gasteiger partial charge on any atom is -0.385 e. The third-order valence-electron chi connectivity index (χ3n) is 3.79. The lowest BCUT2D eigenvalue weighted by Gasteiger charge is -2.19. The van der Waals surface area contributed by atoms with Gasteiger partial charge in [-0.05, 0) is 36.1 Å². The van der Waals surface area contributed by atoms with E-state index in [1.165, 1.54) is 0 Å². The minimum atomic E-state index is -0.963. The summed E-state index contributed by atoms with van der Waals surface area (Å²) >= 11 is 0. The Hall–Kier alpha value is -2.16. The molecule has 22 heavy (non-hydrogen) atoms. The average molecular weight is 294 g/mol. The molecule has 2 aromatic rings. The van der Waals surface area contributed by atoms with Crippen molar-refractivity contribution in [3.8, 4) is 0 Å². The number of aliphatic hydroxyl groups excluding tert-OH is 2. The molecular formula is C20H22O2. The Labute approximate surface area is 132 Å². The number of rotatable bonds is 5. The van der Waals surface area contributed by atoms with Crippen LogP contribution in [0.15, 0.2) is 61.7 Å². The van der Waals surface area contributed by atoms with Crippen molar-refractivity contribution in [2.45, 2.75) is 26.1 Å². The monoisotopic (exact) mass is 294 g/mol. The van der Waals surface area contributed by atoms with Gasteiger partial charge in [-0.25, -0.2) is 0 Å². The molecule has 0 aromatic heterocycles. The summed E-state index contributed by atoms with van der Waals surface area (Å²) in [5, 5.41) is 20.7. The van der Waals surface area contributed by atoms with Crippen molar-refractivity contribution in [2.75, 3.05) is 0 Å². The van der Waals surface area contributed by atoms with Gasteiger partial charge >= 0.3 is 0 Å². The van der Waals surface area contributed by atoms with Crippen LogP contribution in [0.1, 0.15) is 48.3 Å². The minimum absolute atomic E-state index is 0.682. The second-order valence-corrected chi connectivity index (χ2v) is 5.69. The van der Waals surface area contributed by atoms with E-state index in [0.29, 0.717) is 11.1 Å². The molecule has 0 bridgehead atoms. The number of hydrogen-bond acceptors (Lipinski definition) is 2. The lowest BCUT2D eigenvalue weighted by atomic mass is 9.95. The zero-order valence-corrected chi connectivity index (χ0v) is 13.1. The van der Waals surface area contributed by atoms with E-state index in [4.69, 9.17) is 0 Å². The molecule has 0 aliphatic rings. The summed E-state index contributed by atoms with van der Waals surface area (Å²) in [5.41, 5.74) is 5.35. The highest BCUT2D eigenvalue weighted by Gasteiger charge is 2.20. The van der Waals surface area contributed by atoms with E-state index < -0.39 is 12.2 Å². The second kappa shape index (κ2) is 6.73. The highest BCUT2D eigenvalue weighted by atomic mass is 16.3. The quantitative estimate of drug-likeness (QED) is 0.851. The predicted octanol–water partition coefficient (Wildman–Crippen LogP) is 4.52. The zero-order valence-electron chi connectivity index (χ0n) is 13.1. The Morgan fingerprint density at radius 2 is 0.955 bits per heavy atom. The molecule has 0 amide bonds. The molecule has 2 aromatic carbocycles. The van der Waals surface area contributed by atoms with Crippen LogP contribution in [0.5, 0.6) is 0 Å². The number of aliphatic hydroxyl groups is 2. The smallest absolute Gasteiger partial charge is 0.109 e. The SMILES string of the molecule is C=C(C)c1ccc(C(O)C(O)c2ccc(C(=C)C)cc2)cc1. The Morgan fingerprint density at radius 3 is 1.18 bits per heavy atom. The summed E-state index contributed by atoms with van der Waals surface area (Å²) in [7, 11) is 0. The first-order chi connectivity index (χ1) is 10.4. The zero-order chi connectivity index (χ0) is 16.3. The van der Waals surface area contributed by atoms with Gasteiger partial charge in [0.25, 0.3) is 0 Å². The number of hydrogen-bond donors (Lipinski definition) is 2. The van der Waals surface area contributed by atoms with Crippen LogP contribution in [0.4, 0.5) is 0 Å². The van der Waals surface area contributed by atoms with Crippen molar-refractivity contribution in [3.63, 3.8) is 0 Å². The standard InChI is InChI=1S/C20H22O2/c1-13(2)15-5-9-17(10-6-15)19(21)20(22)18-11-7-16(8-12-18)14(3)4/h5-12,19-22H,1,3H2,2,4H3. The first-order valence-corrected chi connectivity index (χ1v) is 7.28. The largest absolute Gasteiger partial charge is 0.385 e. The van der Waals surface area contributed by atoms with Crippen LogP contribution in [-0.2, 0) is 0 Å². The normalized spacial score (nSPS) is 13.5. The van der Waals surface area contributed by atoms with Crippen molar-refractivity contribution in [3.05, 3.63) is 83.9 Å². The first-order valence-electron chi connectivity index (χ1n) is 7.28. The molecule has 2 nitrogen and oxygen atoms in total. The number of benzene rings is 2. The van der Waals surface area contributed by atoms with E-state index >= 15 is 0 Å². The Balaban J connectivity index is 2.18. The van der Waals surface area contributed by atoms with Gasteiger partial charge in [-0.3, -0.25) is 0 Å².